The Labute approximate surface area is 199 Å². The number of ether oxygens (including phenoxy) is 2. The molecule has 0 saturated carbocycles. The Hall–Kier alpha value is -0.600. The lowest BCUT2D eigenvalue weighted by molar-refractivity contribution is -0.381. The molecule has 0 spiro atoms. The van der Waals surface area contributed by atoms with Crippen LogP contribution in [0.4, 0.5) is 26.3 Å². The van der Waals surface area contributed by atoms with Crippen LogP contribution in [0, 0.1) is 10.7 Å². The number of carbonyl (C=O) groups is 3. The summed E-state index contributed by atoms with van der Waals surface area (Å²) < 4.78 is 87.4. The van der Waals surface area contributed by atoms with Crippen molar-refractivity contribution in [3.05, 3.63) is 28.4 Å². The Balaban J connectivity index is 3.06. The maximum Gasteiger partial charge on any atom is 0.437 e. The van der Waals surface area contributed by atoms with Crippen LogP contribution in [0.5, 0.6) is 0 Å². The summed E-state index contributed by atoms with van der Waals surface area (Å²) in [6, 6.07) is 3.00. The number of rotatable bonds is 6. The number of halogens is 9. The zero-order chi connectivity index (χ0) is 22.8. The fourth-order valence-electron chi connectivity index (χ4n) is 1.85. The quantitative estimate of drug-likeness (QED) is 0.192. The molecule has 0 heterocycles. The SMILES string of the molecule is O=C([O-])CC(OC(=O)COC(=O)c1cc(I)cc(I)c1I)(C(F)(F)F)C(F)(F)F. The number of carbonyl (C=O) groups excluding carboxylic acids is 3. The van der Waals surface area contributed by atoms with E-state index in [0.717, 1.165) is 0 Å². The summed E-state index contributed by atoms with van der Waals surface area (Å²) in [5, 5.41) is 10.5. The van der Waals surface area contributed by atoms with E-state index in [2.05, 4.69) is 9.47 Å². The fraction of sp³-hybridized carbons (Fsp3) is 0.357. The maximum absolute atomic E-state index is 13.0. The molecule has 0 aliphatic carbocycles. The molecule has 0 bridgehead atoms. The molecule has 162 valence electrons. The molecule has 6 nitrogen and oxygen atoms in total. The Kier molecular flexibility index (Phi) is 8.83. The van der Waals surface area contributed by atoms with Crippen molar-refractivity contribution in [3.8, 4) is 0 Å². The van der Waals surface area contributed by atoms with Gasteiger partial charge in [-0.15, -0.1) is 0 Å². The minimum Gasteiger partial charge on any atom is -0.550 e. The topological polar surface area (TPSA) is 92.7 Å². The van der Waals surface area contributed by atoms with E-state index in [-0.39, 0.29) is 5.56 Å². The van der Waals surface area contributed by atoms with Crippen molar-refractivity contribution in [2.45, 2.75) is 24.4 Å². The largest absolute Gasteiger partial charge is 0.550 e. The third-order valence-electron chi connectivity index (χ3n) is 3.13. The fourth-order valence-corrected chi connectivity index (χ4v) is 4.22. The zero-order valence-electron chi connectivity index (χ0n) is 13.4. The van der Waals surface area contributed by atoms with Crippen molar-refractivity contribution in [3.63, 3.8) is 0 Å². The van der Waals surface area contributed by atoms with Crippen LogP contribution < -0.4 is 5.11 Å². The third kappa shape index (κ3) is 6.44. The molecule has 0 saturated heterocycles. The first kappa shape index (κ1) is 26.4. The van der Waals surface area contributed by atoms with Gasteiger partial charge >= 0.3 is 29.9 Å². The highest BCUT2D eigenvalue weighted by atomic mass is 127. The molecule has 0 atom stereocenters. The summed E-state index contributed by atoms with van der Waals surface area (Å²) in [5.41, 5.74) is -5.43. The number of alkyl halides is 6. The lowest BCUT2D eigenvalue weighted by atomic mass is 9.97. The lowest BCUT2D eigenvalue weighted by Gasteiger charge is -2.36. The van der Waals surface area contributed by atoms with Crippen molar-refractivity contribution < 1.29 is 55.3 Å². The predicted octanol–water partition coefficient (Wildman–Crippen LogP) is 3.20. The molecule has 0 amide bonds. The van der Waals surface area contributed by atoms with Crippen LogP contribution in [-0.4, -0.2) is 42.5 Å². The van der Waals surface area contributed by atoms with Gasteiger partial charge in [-0.1, -0.05) is 0 Å². The number of hydrogen-bond donors (Lipinski definition) is 0. The molecule has 1 aromatic rings. The highest BCUT2D eigenvalue weighted by Gasteiger charge is 2.74. The zero-order valence-corrected chi connectivity index (χ0v) is 19.9. The Morgan fingerprint density at radius 2 is 1.48 bits per heavy atom. The van der Waals surface area contributed by atoms with Crippen LogP contribution in [-0.2, 0) is 19.1 Å². The third-order valence-corrected chi connectivity index (χ3v) is 6.80. The van der Waals surface area contributed by atoms with Crippen LogP contribution >= 0.6 is 67.8 Å². The molecule has 0 radical (unpaired) electrons. The van der Waals surface area contributed by atoms with Crippen LogP contribution in [0.1, 0.15) is 16.8 Å². The van der Waals surface area contributed by atoms with Gasteiger partial charge < -0.3 is 19.4 Å². The van der Waals surface area contributed by atoms with Gasteiger partial charge in [0, 0.05) is 23.1 Å². The molecule has 0 aliphatic heterocycles. The molecular weight excluding hydrogens is 759 g/mol. The molecule has 0 aliphatic rings. The van der Waals surface area contributed by atoms with Crippen LogP contribution in [0.25, 0.3) is 0 Å². The first-order valence-electron chi connectivity index (χ1n) is 6.88. The van der Waals surface area contributed by atoms with Gasteiger partial charge in [-0.25, -0.2) is 9.59 Å². The smallest absolute Gasteiger partial charge is 0.437 e. The first-order valence-corrected chi connectivity index (χ1v) is 10.1. The number of benzene rings is 1. The minimum atomic E-state index is -6.33. The van der Waals surface area contributed by atoms with Gasteiger partial charge in [0.25, 0.3) is 0 Å². The van der Waals surface area contributed by atoms with Crippen LogP contribution in [0.15, 0.2) is 12.1 Å². The van der Waals surface area contributed by atoms with E-state index in [9.17, 15) is 45.8 Å². The van der Waals surface area contributed by atoms with Crippen molar-refractivity contribution in [1.82, 2.24) is 0 Å². The van der Waals surface area contributed by atoms with E-state index in [0.29, 0.717) is 10.7 Å². The monoisotopic (exact) mass is 765 g/mol. The van der Waals surface area contributed by atoms with Gasteiger partial charge in [0.2, 0.25) is 0 Å². The predicted molar refractivity (Wildman–Crippen MR) is 105 cm³/mol. The Morgan fingerprint density at radius 3 is 1.93 bits per heavy atom. The number of esters is 2. The van der Waals surface area contributed by atoms with E-state index in [1.165, 1.54) is 6.07 Å². The molecule has 1 aromatic carbocycles. The van der Waals surface area contributed by atoms with Gasteiger partial charge in [-0.3, -0.25) is 0 Å². The van der Waals surface area contributed by atoms with Crippen molar-refractivity contribution >= 4 is 85.7 Å². The van der Waals surface area contributed by atoms with Crippen LogP contribution in [0.2, 0.25) is 0 Å². The summed E-state index contributed by atoms with van der Waals surface area (Å²) >= 11 is 5.48. The number of aliphatic carboxylic acids is 1. The highest BCUT2D eigenvalue weighted by molar-refractivity contribution is 14.1. The van der Waals surface area contributed by atoms with E-state index in [1.807, 2.05) is 45.2 Å². The average Bonchev–Trinajstić information content (AvgIpc) is 2.52. The number of carboxylic acid groups (broad SMARTS) is 1. The molecular formula is C14H6F6I3O6-. The van der Waals surface area contributed by atoms with Gasteiger partial charge in [0.15, 0.2) is 6.61 Å². The van der Waals surface area contributed by atoms with Gasteiger partial charge in [-0.05, 0) is 79.9 Å². The van der Waals surface area contributed by atoms with Crippen molar-refractivity contribution in [1.29, 1.82) is 0 Å². The summed E-state index contributed by atoms with van der Waals surface area (Å²) in [7, 11) is 0. The summed E-state index contributed by atoms with van der Waals surface area (Å²) in [4.78, 5) is 34.0. The summed E-state index contributed by atoms with van der Waals surface area (Å²) in [5.74, 6) is -6.20. The van der Waals surface area contributed by atoms with E-state index in [1.54, 1.807) is 28.7 Å². The second-order valence-corrected chi connectivity index (χ2v) is 8.66. The second-order valence-electron chi connectivity index (χ2n) is 5.17. The van der Waals surface area contributed by atoms with E-state index < -0.39 is 48.9 Å². The molecule has 0 aromatic heterocycles. The molecule has 15 heteroatoms. The molecule has 1 rings (SSSR count). The Bertz CT molecular complexity index is 809. The first-order chi connectivity index (χ1) is 13.0. The highest BCUT2D eigenvalue weighted by Crippen LogP contribution is 2.48. The molecule has 0 fully saturated rings. The number of carboxylic acids is 1. The second kappa shape index (κ2) is 9.69. The molecule has 0 unspecified atom stereocenters. The van der Waals surface area contributed by atoms with Gasteiger partial charge in [0.05, 0.1) is 5.56 Å². The van der Waals surface area contributed by atoms with E-state index in [4.69, 9.17) is 0 Å². The maximum atomic E-state index is 13.0. The Morgan fingerprint density at radius 1 is 0.966 bits per heavy atom. The lowest BCUT2D eigenvalue weighted by Crippen LogP contribution is -2.62. The standard InChI is InChI=1S/C14H7F6I3O6/c15-13(16,17)12(3-8(24)25,14(18,19)20)29-9(26)4-28-11(27)6-1-5(21)2-7(22)10(6)23/h1-2H,3-4H2,(H,24,25)/p-1. The van der Waals surface area contributed by atoms with Crippen LogP contribution in [0.3, 0.4) is 0 Å². The normalized spacial score (nSPS) is 12.4. The van der Waals surface area contributed by atoms with E-state index >= 15 is 0 Å². The minimum absolute atomic E-state index is 0.0812. The summed E-state index contributed by atoms with van der Waals surface area (Å²) in [6.07, 6.45) is -15.4. The van der Waals surface area contributed by atoms with Gasteiger partial charge in [-0.2, -0.15) is 26.3 Å². The number of hydrogen-bond acceptors (Lipinski definition) is 6. The molecule has 29 heavy (non-hydrogen) atoms. The summed E-state index contributed by atoms with van der Waals surface area (Å²) in [6.45, 7) is -1.61. The average molecular weight is 765 g/mol. The van der Waals surface area contributed by atoms with Gasteiger partial charge in [0.1, 0.15) is 0 Å². The van der Waals surface area contributed by atoms with Crippen molar-refractivity contribution in [2.75, 3.05) is 6.61 Å². The molecule has 0 N–H and O–H groups in total. The van der Waals surface area contributed by atoms with Crippen molar-refractivity contribution in [2.24, 2.45) is 0 Å².